The first-order chi connectivity index (χ1) is 9.33. The predicted octanol–water partition coefficient (Wildman–Crippen LogP) is 4.50. The Labute approximate surface area is 121 Å². The molecule has 1 heterocycles. The highest BCUT2D eigenvalue weighted by Crippen LogP contribution is 2.35. The molecular formula is C15H13ClO2S. The zero-order valence-electron chi connectivity index (χ0n) is 10.3. The first kappa shape index (κ1) is 12.9. The van der Waals surface area contributed by atoms with Gasteiger partial charge < -0.3 is 9.47 Å². The monoisotopic (exact) mass is 292 g/mol. The van der Waals surface area contributed by atoms with Gasteiger partial charge in [0.15, 0.2) is 6.79 Å². The van der Waals surface area contributed by atoms with Crippen LogP contribution in [-0.4, -0.2) is 6.79 Å². The van der Waals surface area contributed by atoms with Gasteiger partial charge in [-0.15, -0.1) is 11.8 Å². The number of rotatable bonds is 3. The predicted molar refractivity (Wildman–Crippen MR) is 77.7 cm³/mol. The normalized spacial score (nSPS) is 13.7. The molecule has 0 saturated carbocycles. The lowest BCUT2D eigenvalue weighted by molar-refractivity contribution is -0.0168. The van der Waals surface area contributed by atoms with Crippen LogP contribution in [0.25, 0.3) is 0 Å². The molecule has 0 bridgehead atoms. The van der Waals surface area contributed by atoms with Gasteiger partial charge >= 0.3 is 0 Å². The second-order valence-electron chi connectivity index (χ2n) is 4.27. The van der Waals surface area contributed by atoms with Gasteiger partial charge in [0, 0.05) is 26.8 Å². The first-order valence-electron chi connectivity index (χ1n) is 6.02. The number of halogens is 1. The Hall–Kier alpha value is -1.16. The second kappa shape index (κ2) is 5.87. The summed E-state index contributed by atoms with van der Waals surface area (Å²) in [5.74, 6) is 1.77. The van der Waals surface area contributed by atoms with Crippen molar-refractivity contribution in [3.63, 3.8) is 0 Å². The minimum absolute atomic E-state index is 0.317. The maximum absolute atomic E-state index is 6.14. The molecule has 2 aromatic carbocycles. The fraction of sp³-hybridized carbons (Fsp3) is 0.200. The molecule has 0 radical (unpaired) electrons. The average molecular weight is 293 g/mol. The van der Waals surface area contributed by atoms with E-state index >= 15 is 0 Å². The summed E-state index contributed by atoms with van der Waals surface area (Å²) in [6.45, 7) is 0.885. The molecule has 0 aromatic heterocycles. The Morgan fingerprint density at radius 2 is 2.00 bits per heavy atom. The van der Waals surface area contributed by atoms with E-state index in [-0.39, 0.29) is 0 Å². The lowest BCUT2D eigenvalue weighted by atomic mass is 10.1. The average Bonchev–Trinajstić information content (AvgIpc) is 2.45. The van der Waals surface area contributed by atoms with Gasteiger partial charge in [0.25, 0.3) is 0 Å². The van der Waals surface area contributed by atoms with Gasteiger partial charge in [-0.2, -0.15) is 0 Å². The van der Waals surface area contributed by atoms with E-state index in [1.165, 1.54) is 4.90 Å². The highest BCUT2D eigenvalue weighted by Gasteiger charge is 2.16. The Morgan fingerprint density at radius 1 is 1.16 bits per heavy atom. The summed E-state index contributed by atoms with van der Waals surface area (Å²) in [5, 5.41) is 0.733. The first-order valence-corrected chi connectivity index (χ1v) is 7.39. The van der Waals surface area contributed by atoms with Crippen LogP contribution >= 0.6 is 23.4 Å². The molecule has 2 nitrogen and oxygen atoms in total. The van der Waals surface area contributed by atoms with Gasteiger partial charge in [-0.05, 0) is 24.3 Å². The van der Waals surface area contributed by atoms with Crippen molar-refractivity contribution in [2.24, 2.45) is 0 Å². The Morgan fingerprint density at radius 3 is 2.84 bits per heavy atom. The number of benzene rings is 2. The van der Waals surface area contributed by atoms with Crippen LogP contribution in [-0.2, 0) is 17.1 Å². The summed E-state index contributed by atoms with van der Waals surface area (Å²) in [4.78, 5) is 1.24. The zero-order valence-corrected chi connectivity index (χ0v) is 11.8. The molecule has 3 rings (SSSR count). The zero-order chi connectivity index (χ0) is 13.1. The van der Waals surface area contributed by atoms with Crippen LogP contribution in [0.15, 0.2) is 47.4 Å². The van der Waals surface area contributed by atoms with Crippen LogP contribution < -0.4 is 4.74 Å². The molecule has 2 aromatic rings. The van der Waals surface area contributed by atoms with Gasteiger partial charge in [-0.1, -0.05) is 29.8 Å². The van der Waals surface area contributed by atoms with Crippen molar-refractivity contribution in [2.75, 3.05) is 6.79 Å². The largest absolute Gasteiger partial charge is 0.467 e. The minimum atomic E-state index is 0.317. The summed E-state index contributed by atoms with van der Waals surface area (Å²) in [5.41, 5.74) is 2.15. The van der Waals surface area contributed by atoms with E-state index in [1.54, 1.807) is 11.8 Å². The quantitative estimate of drug-likeness (QED) is 0.776. The van der Waals surface area contributed by atoms with Gasteiger partial charge in [0.05, 0.1) is 6.61 Å². The van der Waals surface area contributed by atoms with E-state index in [2.05, 4.69) is 12.1 Å². The lowest BCUT2D eigenvalue weighted by Crippen LogP contribution is -2.12. The molecule has 98 valence electrons. The smallest absolute Gasteiger partial charge is 0.189 e. The van der Waals surface area contributed by atoms with Crippen molar-refractivity contribution in [2.45, 2.75) is 17.3 Å². The summed E-state index contributed by atoms with van der Waals surface area (Å²) in [6.07, 6.45) is 0. The Bertz CT molecular complexity index is 572. The molecule has 1 aliphatic rings. The number of ether oxygens (including phenoxy) is 2. The summed E-state index contributed by atoms with van der Waals surface area (Å²) >= 11 is 7.92. The van der Waals surface area contributed by atoms with E-state index in [4.69, 9.17) is 21.1 Å². The molecule has 0 aliphatic carbocycles. The third kappa shape index (κ3) is 3.06. The van der Waals surface area contributed by atoms with Crippen LogP contribution in [0.3, 0.4) is 0 Å². The third-order valence-electron chi connectivity index (χ3n) is 2.89. The third-order valence-corrected chi connectivity index (χ3v) is 4.17. The fourth-order valence-electron chi connectivity index (χ4n) is 2.04. The van der Waals surface area contributed by atoms with Crippen LogP contribution in [0.2, 0.25) is 5.02 Å². The van der Waals surface area contributed by atoms with Crippen molar-refractivity contribution < 1.29 is 9.47 Å². The molecular weight excluding hydrogens is 280 g/mol. The molecule has 0 N–H and O–H groups in total. The summed E-state index contributed by atoms with van der Waals surface area (Å²) < 4.78 is 10.9. The number of thioether (sulfide) groups is 1. The molecule has 0 saturated heterocycles. The van der Waals surface area contributed by atoms with Crippen LogP contribution in [0.1, 0.15) is 11.1 Å². The van der Waals surface area contributed by atoms with E-state index in [1.807, 2.05) is 30.3 Å². The second-order valence-corrected chi connectivity index (χ2v) is 5.75. The molecule has 4 heteroatoms. The maximum Gasteiger partial charge on any atom is 0.189 e. The molecule has 0 atom stereocenters. The molecule has 0 unspecified atom stereocenters. The number of fused-ring (bicyclic) bond motifs is 1. The van der Waals surface area contributed by atoms with E-state index in [0.717, 1.165) is 27.7 Å². The van der Waals surface area contributed by atoms with Crippen LogP contribution in [0.4, 0.5) is 0 Å². The molecule has 0 amide bonds. The van der Waals surface area contributed by atoms with Gasteiger partial charge in [-0.3, -0.25) is 0 Å². The minimum Gasteiger partial charge on any atom is -0.467 e. The van der Waals surface area contributed by atoms with E-state index in [9.17, 15) is 0 Å². The van der Waals surface area contributed by atoms with Crippen LogP contribution in [0.5, 0.6) is 5.75 Å². The van der Waals surface area contributed by atoms with Crippen molar-refractivity contribution >= 4 is 23.4 Å². The van der Waals surface area contributed by atoms with E-state index < -0.39 is 0 Å². The number of hydrogen-bond donors (Lipinski definition) is 0. The van der Waals surface area contributed by atoms with Crippen molar-refractivity contribution in [3.8, 4) is 5.75 Å². The van der Waals surface area contributed by atoms with Gasteiger partial charge in [0.2, 0.25) is 0 Å². The SMILES string of the molecule is Clc1cc2c(c(CSc3ccccc3)c1)OCOC2. The molecule has 0 spiro atoms. The summed E-state index contributed by atoms with van der Waals surface area (Å²) in [7, 11) is 0. The highest BCUT2D eigenvalue weighted by atomic mass is 35.5. The van der Waals surface area contributed by atoms with Crippen molar-refractivity contribution in [1.29, 1.82) is 0 Å². The van der Waals surface area contributed by atoms with Crippen molar-refractivity contribution in [3.05, 3.63) is 58.6 Å². The fourth-order valence-corrected chi connectivity index (χ4v) is 3.19. The van der Waals surface area contributed by atoms with E-state index in [0.29, 0.717) is 13.4 Å². The topological polar surface area (TPSA) is 18.5 Å². The molecule has 1 aliphatic heterocycles. The Balaban J connectivity index is 1.82. The molecule has 19 heavy (non-hydrogen) atoms. The summed E-state index contributed by atoms with van der Waals surface area (Å²) in [6, 6.07) is 14.2. The van der Waals surface area contributed by atoms with Gasteiger partial charge in [-0.25, -0.2) is 0 Å². The Kier molecular flexibility index (Phi) is 3.97. The highest BCUT2D eigenvalue weighted by molar-refractivity contribution is 7.98. The lowest BCUT2D eigenvalue weighted by Gasteiger charge is -2.21. The molecule has 0 fully saturated rings. The standard InChI is InChI=1S/C15H13ClO2S/c16-13-6-11-8-17-10-18-15(11)12(7-13)9-19-14-4-2-1-3-5-14/h1-7H,8-10H2. The number of hydrogen-bond acceptors (Lipinski definition) is 3. The maximum atomic E-state index is 6.14. The van der Waals surface area contributed by atoms with Crippen LogP contribution in [0, 0.1) is 0 Å². The van der Waals surface area contributed by atoms with Crippen molar-refractivity contribution in [1.82, 2.24) is 0 Å². The van der Waals surface area contributed by atoms with Gasteiger partial charge in [0.1, 0.15) is 5.75 Å².